The van der Waals surface area contributed by atoms with E-state index in [-0.39, 0.29) is 12.7 Å². The van der Waals surface area contributed by atoms with Gasteiger partial charge in [-0.2, -0.15) is 0 Å². The lowest BCUT2D eigenvalue weighted by atomic mass is 10.2. The molecule has 6 nitrogen and oxygen atoms in total. The fourth-order valence-electron chi connectivity index (χ4n) is 2.68. The summed E-state index contributed by atoms with van der Waals surface area (Å²) < 4.78 is 10.6. The SMILES string of the molecule is O=C(/C=C/c1ccc2c(c1)OCO2)NCCc1nc2ccccc2[nH]1. The van der Waals surface area contributed by atoms with E-state index < -0.39 is 0 Å². The Morgan fingerprint density at radius 1 is 1.20 bits per heavy atom. The van der Waals surface area contributed by atoms with Crippen molar-refractivity contribution in [3.63, 3.8) is 0 Å². The number of hydrogen-bond donors (Lipinski definition) is 2. The van der Waals surface area contributed by atoms with Gasteiger partial charge in [0.1, 0.15) is 5.82 Å². The van der Waals surface area contributed by atoms with Crippen LogP contribution in [0.1, 0.15) is 11.4 Å². The molecule has 0 radical (unpaired) electrons. The molecule has 1 aliphatic heterocycles. The first-order valence-corrected chi connectivity index (χ1v) is 8.07. The van der Waals surface area contributed by atoms with E-state index >= 15 is 0 Å². The summed E-state index contributed by atoms with van der Waals surface area (Å²) in [6, 6.07) is 13.4. The number of rotatable bonds is 5. The van der Waals surface area contributed by atoms with E-state index in [9.17, 15) is 4.79 Å². The van der Waals surface area contributed by atoms with Crippen LogP contribution in [-0.4, -0.2) is 29.2 Å². The number of carbonyl (C=O) groups is 1. The van der Waals surface area contributed by atoms with Gasteiger partial charge in [0.15, 0.2) is 11.5 Å². The molecule has 3 aromatic rings. The monoisotopic (exact) mass is 335 g/mol. The van der Waals surface area contributed by atoms with Gasteiger partial charge in [0.2, 0.25) is 12.7 Å². The van der Waals surface area contributed by atoms with Crippen molar-refractivity contribution >= 4 is 23.0 Å². The average Bonchev–Trinajstić information content (AvgIpc) is 3.25. The van der Waals surface area contributed by atoms with Crippen molar-refractivity contribution in [2.75, 3.05) is 13.3 Å². The molecule has 0 unspecified atom stereocenters. The van der Waals surface area contributed by atoms with Gasteiger partial charge < -0.3 is 19.8 Å². The molecular weight excluding hydrogens is 318 g/mol. The van der Waals surface area contributed by atoms with Crippen molar-refractivity contribution in [3.8, 4) is 11.5 Å². The molecule has 0 fully saturated rings. The number of amides is 1. The Kier molecular flexibility index (Phi) is 4.08. The van der Waals surface area contributed by atoms with Crippen molar-refractivity contribution in [3.05, 3.63) is 59.9 Å². The third-order valence-corrected chi connectivity index (χ3v) is 3.92. The van der Waals surface area contributed by atoms with Gasteiger partial charge in [0.05, 0.1) is 11.0 Å². The average molecular weight is 335 g/mol. The minimum absolute atomic E-state index is 0.145. The second-order valence-electron chi connectivity index (χ2n) is 5.69. The predicted octanol–water partition coefficient (Wildman–Crippen LogP) is 2.66. The van der Waals surface area contributed by atoms with Gasteiger partial charge in [-0.05, 0) is 35.9 Å². The molecule has 6 heteroatoms. The number of benzene rings is 2. The van der Waals surface area contributed by atoms with Crippen LogP contribution < -0.4 is 14.8 Å². The molecule has 1 amide bonds. The molecule has 1 aromatic heterocycles. The highest BCUT2D eigenvalue weighted by molar-refractivity contribution is 5.91. The van der Waals surface area contributed by atoms with Crippen LogP contribution in [0.3, 0.4) is 0 Å². The van der Waals surface area contributed by atoms with Crippen LogP contribution in [0.5, 0.6) is 11.5 Å². The van der Waals surface area contributed by atoms with Gasteiger partial charge in [0.25, 0.3) is 0 Å². The quantitative estimate of drug-likeness (QED) is 0.703. The Labute approximate surface area is 144 Å². The third-order valence-electron chi connectivity index (χ3n) is 3.92. The third kappa shape index (κ3) is 3.47. The zero-order chi connectivity index (χ0) is 17.1. The van der Waals surface area contributed by atoms with Gasteiger partial charge in [-0.25, -0.2) is 4.98 Å². The van der Waals surface area contributed by atoms with Crippen LogP contribution in [0.2, 0.25) is 0 Å². The molecule has 1 aliphatic rings. The highest BCUT2D eigenvalue weighted by Gasteiger charge is 2.12. The van der Waals surface area contributed by atoms with Gasteiger partial charge in [-0.15, -0.1) is 0 Å². The van der Waals surface area contributed by atoms with Crippen LogP contribution in [0.25, 0.3) is 17.1 Å². The highest BCUT2D eigenvalue weighted by Crippen LogP contribution is 2.32. The van der Waals surface area contributed by atoms with E-state index in [1.165, 1.54) is 6.08 Å². The number of imidazole rings is 1. The first-order chi connectivity index (χ1) is 12.3. The summed E-state index contributed by atoms with van der Waals surface area (Å²) in [5.74, 6) is 2.15. The molecule has 0 saturated carbocycles. The van der Waals surface area contributed by atoms with Gasteiger partial charge in [-0.1, -0.05) is 18.2 Å². The molecule has 0 spiro atoms. The maximum absolute atomic E-state index is 11.9. The molecule has 25 heavy (non-hydrogen) atoms. The summed E-state index contributed by atoms with van der Waals surface area (Å²) in [7, 11) is 0. The molecule has 0 saturated heterocycles. The number of nitrogens with one attached hydrogen (secondary N) is 2. The number of ether oxygens (including phenoxy) is 2. The van der Waals surface area contributed by atoms with E-state index in [4.69, 9.17) is 9.47 Å². The van der Waals surface area contributed by atoms with E-state index in [2.05, 4.69) is 15.3 Å². The number of fused-ring (bicyclic) bond motifs is 2. The molecule has 2 aromatic carbocycles. The Morgan fingerprint density at radius 2 is 2.08 bits per heavy atom. The Hall–Kier alpha value is -3.28. The second kappa shape index (κ2) is 6.68. The number of aromatic amines is 1. The number of hydrogen-bond acceptors (Lipinski definition) is 4. The molecule has 2 N–H and O–H groups in total. The zero-order valence-corrected chi connectivity index (χ0v) is 13.5. The molecular formula is C19H17N3O3. The molecule has 126 valence electrons. The summed E-state index contributed by atoms with van der Waals surface area (Å²) >= 11 is 0. The summed E-state index contributed by atoms with van der Waals surface area (Å²) in [5.41, 5.74) is 2.83. The fourth-order valence-corrected chi connectivity index (χ4v) is 2.68. The summed E-state index contributed by atoms with van der Waals surface area (Å²) in [5, 5.41) is 2.86. The molecule has 0 aliphatic carbocycles. The van der Waals surface area contributed by atoms with Crippen LogP contribution in [0.15, 0.2) is 48.5 Å². The highest BCUT2D eigenvalue weighted by atomic mass is 16.7. The standard InChI is InChI=1S/C19H17N3O3/c23-19(8-6-13-5-7-16-17(11-13)25-12-24-16)20-10-9-18-21-14-3-1-2-4-15(14)22-18/h1-8,11H,9-10,12H2,(H,20,23)(H,21,22)/b8-6+. The van der Waals surface area contributed by atoms with Crippen LogP contribution >= 0.6 is 0 Å². The topological polar surface area (TPSA) is 76.2 Å². The smallest absolute Gasteiger partial charge is 0.244 e. The number of para-hydroxylation sites is 2. The second-order valence-corrected chi connectivity index (χ2v) is 5.69. The van der Waals surface area contributed by atoms with E-state index in [0.717, 1.165) is 28.2 Å². The Morgan fingerprint density at radius 3 is 3.00 bits per heavy atom. The number of H-pyrrole nitrogens is 1. The lowest BCUT2D eigenvalue weighted by Gasteiger charge is -2.00. The molecule has 0 atom stereocenters. The maximum Gasteiger partial charge on any atom is 0.244 e. The van der Waals surface area contributed by atoms with Crippen molar-refractivity contribution in [2.24, 2.45) is 0 Å². The Balaban J connectivity index is 1.30. The number of aromatic nitrogens is 2. The molecule has 0 bridgehead atoms. The van der Waals surface area contributed by atoms with Crippen LogP contribution in [-0.2, 0) is 11.2 Å². The van der Waals surface area contributed by atoms with Gasteiger partial charge >= 0.3 is 0 Å². The summed E-state index contributed by atoms with van der Waals surface area (Å²) in [6.45, 7) is 0.759. The molecule has 4 rings (SSSR count). The normalized spacial score (nSPS) is 12.8. The van der Waals surface area contributed by atoms with Gasteiger partial charge in [-0.3, -0.25) is 4.79 Å². The zero-order valence-electron chi connectivity index (χ0n) is 13.5. The van der Waals surface area contributed by atoms with Crippen molar-refractivity contribution in [1.29, 1.82) is 0 Å². The first kappa shape index (κ1) is 15.3. The Bertz CT molecular complexity index is 913. The van der Waals surface area contributed by atoms with E-state index in [0.29, 0.717) is 18.7 Å². The summed E-state index contributed by atoms with van der Waals surface area (Å²) in [6.07, 6.45) is 3.91. The minimum atomic E-state index is -0.145. The van der Waals surface area contributed by atoms with E-state index in [1.807, 2.05) is 42.5 Å². The lowest BCUT2D eigenvalue weighted by Crippen LogP contribution is -2.23. The largest absolute Gasteiger partial charge is 0.454 e. The maximum atomic E-state index is 11.9. The lowest BCUT2D eigenvalue weighted by molar-refractivity contribution is -0.116. The van der Waals surface area contributed by atoms with Crippen LogP contribution in [0, 0.1) is 0 Å². The summed E-state index contributed by atoms with van der Waals surface area (Å²) in [4.78, 5) is 19.7. The van der Waals surface area contributed by atoms with Crippen molar-refractivity contribution in [2.45, 2.75) is 6.42 Å². The minimum Gasteiger partial charge on any atom is -0.454 e. The van der Waals surface area contributed by atoms with Crippen molar-refractivity contribution < 1.29 is 14.3 Å². The first-order valence-electron chi connectivity index (χ1n) is 8.07. The van der Waals surface area contributed by atoms with Gasteiger partial charge in [0, 0.05) is 19.0 Å². The van der Waals surface area contributed by atoms with Crippen LogP contribution in [0.4, 0.5) is 0 Å². The fraction of sp³-hybridized carbons (Fsp3) is 0.158. The predicted molar refractivity (Wildman–Crippen MR) is 94.4 cm³/mol. The number of carbonyl (C=O) groups excluding carboxylic acids is 1. The molecule has 2 heterocycles. The van der Waals surface area contributed by atoms with Crippen molar-refractivity contribution in [1.82, 2.24) is 15.3 Å². The van der Waals surface area contributed by atoms with E-state index in [1.54, 1.807) is 6.08 Å². The number of nitrogens with zero attached hydrogens (tertiary/aromatic N) is 1.